The maximum Gasteiger partial charge on any atom is 0.338 e. The predicted octanol–water partition coefficient (Wildman–Crippen LogP) is 1.67. The number of amides is 2. The van der Waals surface area contributed by atoms with Crippen LogP contribution >= 0.6 is 0 Å². The van der Waals surface area contributed by atoms with E-state index in [1.807, 2.05) is 13.8 Å². The monoisotopic (exact) mass is 277 g/mol. The molecule has 20 heavy (non-hydrogen) atoms. The van der Waals surface area contributed by atoms with Crippen LogP contribution in [-0.4, -0.2) is 22.9 Å². The lowest BCUT2D eigenvalue weighted by Gasteiger charge is -2.20. The van der Waals surface area contributed by atoms with Gasteiger partial charge in [0, 0.05) is 0 Å². The van der Waals surface area contributed by atoms with E-state index in [2.05, 4.69) is 0 Å². The Bertz CT molecular complexity index is 643. The number of fused-ring (bicyclic) bond motifs is 1. The minimum absolute atomic E-state index is 0.0884. The summed E-state index contributed by atoms with van der Waals surface area (Å²) in [6, 6.07) is 3.25. The molecule has 0 radical (unpaired) electrons. The van der Waals surface area contributed by atoms with Crippen LogP contribution in [0.3, 0.4) is 0 Å². The topological polar surface area (TPSA) is 74.7 Å². The van der Waals surface area contributed by atoms with Crippen molar-refractivity contribution in [2.24, 2.45) is 17.3 Å². The van der Waals surface area contributed by atoms with E-state index < -0.39 is 17.3 Å². The van der Waals surface area contributed by atoms with Crippen LogP contribution in [0, 0.1) is 23.1 Å². The lowest BCUT2D eigenvalue weighted by molar-refractivity contribution is -0.125. The van der Waals surface area contributed by atoms with Crippen LogP contribution in [-0.2, 0) is 9.59 Å². The van der Waals surface area contributed by atoms with Gasteiger partial charge in [0.05, 0.1) is 23.1 Å². The zero-order valence-electron chi connectivity index (χ0n) is 10.9. The van der Waals surface area contributed by atoms with Crippen molar-refractivity contribution in [2.75, 3.05) is 4.90 Å². The number of rotatable bonds is 2. The Hall–Kier alpha value is -2.24. The van der Waals surface area contributed by atoms with Crippen LogP contribution in [0.15, 0.2) is 18.2 Å². The second-order valence-corrected chi connectivity index (χ2v) is 5.76. The first kappa shape index (κ1) is 12.8. The van der Waals surface area contributed by atoms with Crippen molar-refractivity contribution in [3.63, 3.8) is 0 Å². The molecule has 1 aliphatic carbocycles. The predicted molar refractivity (Wildman–Crippen MR) is 66.6 cm³/mol. The molecule has 0 bridgehead atoms. The molecule has 1 saturated carbocycles. The summed E-state index contributed by atoms with van der Waals surface area (Å²) in [6.07, 6.45) is 0. The molecule has 2 amide bonds. The number of carboxylic acid groups (broad SMARTS) is 1. The molecule has 1 saturated heterocycles. The molecule has 104 valence electrons. The highest BCUT2D eigenvalue weighted by molar-refractivity contribution is 6.25. The highest BCUT2D eigenvalue weighted by Gasteiger charge is 2.72. The van der Waals surface area contributed by atoms with Gasteiger partial charge in [0.2, 0.25) is 11.8 Å². The van der Waals surface area contributed by atoms with Crippen LogP contribution in [0.5, 0.6) is 0 Å². The number of imide groups is 1. The molecule has 0 spiro atoms. The quantitative estimate of drug-likeness (QED) is 0.834. The summed E-state index contributed by atoms with van der Waals surface area (Å²) >= 11 is 0. The maximum absolute atomic E-state index is 13.6. The highest BCUT2D eigenvalue weighted by atomic mass is 19.1. The summed E-state index contributed by atoms with van der Waals surface area (Å²) in [7, 11) is 0. The molecular formula is C14H12FNO4. The Morgan fingerprint density at radius 1 is 1.25 bits per heavy atom. The summed E-state index contributed by atoms with van der Waals surface area (Å²) in [4.78, 5) is 36.0. The van der Waals surface area contributed by atoms with E-state index in [1.54, 1.807) is 0 Å². The number of hydrogen-bond acceptors (Lipinski definition) is 3. The lowest BCUT2D eigenvalue weighted by Crippen LogP contribution is -2.36. The number of carboxylic acids is 1. The molecule has 5 nitrogen and oxygen atoms in total. The lowest BCUT2D eigenvalue weighted by atomic mass is 10.0. The van der Waals surface area contributed by atoms with Crippen molar-refractivity contribution in [2.45, 2.75) is 13.8 Å². The summed E-state index contributed by atoms with van der Waals surface area (Å²) in [6.45, 7) is 3.70. The molecule has 6 heteroatoms. The van der Waals surface area contributed by atoms with Crippen LogP contribution in [0.25, 0.3) is 0 Å². The zero-order chi connectivity index (χ0) is 14.8. The number of piperidine rings is 1. The molecule has 1 N–H and O–H groups in total. The minimum atomic E-state index is -1.39. The third kappa shape index (κ3) is 1.44. The van der Waals surface area contributed by atoms with E-state index in [0.29, 0.717) is 0 Å². The highest BCUT2D eigenvalue weighted by Crippen LogP contribution is 2.63. The number of hydrogen-bond donors (Lipinski definition) is 1. The van der Waals surface area contributed by atoms with Crippen molar-refractivity contribution in [3.8, 4) is 0 Å². The van der Waals surface area contributed by atoms with Crippen molar-refractivity contribution in [3.05, 3.63) is 29.6 Å². The molecule has 2 fully saturated rings. The first-order valence-electron chi connectivity index (χ1n) is 6.17. The average Bonchev–Trinajstić information content (AvgIpc) is 2.79. The standard InChI is InChI=1S/C14H12FNO4/c1-14(2)9-10(14)12(18)16(11(9)17)6-3-4-7(13(19)20)8(15)5-6/h3-5,9-10H,1-2H3,(H,19,20). The second-order valence-electron chi connectivity index (χ2n) is 5.76. The molecule has 1 aliphatic heterocycles. The Morgan fingerprint density at radius 2 is 1.80 bits per heavy atom. The zero-order valence-corrected chi connectivity index (χ0v) is 10.9. The van der Waals surface area contributed by atoms with E-state index in [-0.39, 0.29) is 34.8 Å². The molecule has 1 aromatic carbocycles. The van der Waals surface area contributed by atoms with E-state index in [0.717, 1.165) is 17.0 Å². The first-order chi connectivity index (χ1) is 9.26. The number of carbonyl (C=O) groups is 3. The van der Waals surface area contributed by atoms with E-state index in [1.165, 1.54) is 6.07 Å². The Balaban J connectivity index is 1.96. The SMILES string of the molecule is CC1(C)C2C(=O)N(c3ccc(C(=O)O)c(F)c3)C(=O)C21. The number of nitrogens with zero attached hydrogens (tertiary/aromatic N) is 1. The third-order valence-electron chi connectivity index (χ3n) is 4.24. The van der Waals surface area contributed by atoms with Crippen molar-refractivity contribution < 1.29 is 23.9 Å². The van der Waals surface area contributed by atoms with Gasteiger partial charge < -0.3 is 5.11 Å². The fourth-order valence-electron chi connectivity index (χ4n) is 3.02. The molecular weight excluding hydrogens is 265 g/mol. The largest absolute Gasteiger partial charge is 0.478 e. The number of carbonyl (C=O) groups excluding carboxylic acids is 2. The van der Waals surface area contributed by atoms with Crippen molar-refractivity contribution in [1.82, 2.24) is 0 Å². The van der Waals surface area contributed by atoms with Crippen LogP contribution in [0.1, 0.15) is 24.2 Å². The Labute approximate surface area is 114 Å². The van der Waals surface area contributed by atoms with Gasteiger partial charge in [-0.25, -0.2) is 14.1 Å². The van der Waals surface area contributed by atoms with Gasteiger partial charge in [0.25, 0.3) is 0 Å². The summed E-state index contributed by atoms with van der Waals surface area (Å²) < 4.78 is 13.6. The van der Waals surface area contributed by atoms with Gasteiger partial charge in [-0.1, -0.05) is 13.8 Å². The average molecular weight is 277 g/mol. The Morgan fingerprint density at radius 3 is 2.25 bits per heavy atom. The molecule has 3 rings (SSSR count). The summed E-state index contributed by atoms with van der Waals surface area (Å²) in [5.74, 6) is -3.73. The summed E-state index contributed by atoms with van der Waals surface area (Å²) in [5, 5.41) is 8.76. The van der Waals surface area contributed by atoms with Crippen LogP contribution in [0.2, 0.25) is 0 Å². The van der Waals surface area contributed by atoms with Gasteiger partial charge in [-0.15, -0.1) is 0 Å². The van der Waals surface area contributed by atoms with Gasteiger partial charge in [0.15, 0.2) is 0 Å². The number of aromatic carboxylic acids is 1. The van der Waals surface area contributed by atoms with E-state index >= 15 is 0 Å². The normalized spacial score (nSPS) is 26.6. The van der Waals surface area contributed by atoms with Gasteiger partial charge in [-0.05, 0) is 23.6 Å². The van der Waals surface area contributed by atoms with Crippen LogP contribution < -0.4 is 4.90 Å². The number of halogens is 1. The molecule has 0 aromatic heterocycles. The molecule has 1 heterocycles. The maximum atomic E-state index is 13.6. The Kier molecular flexibility index (Phi) is 2.33. The number of anilines is 1. The molecule has 1 aromatic rings. The van der Waals surface area contributed by atoms with Gasteiger partial charge in [0.1, 0.15) is 5.82 Å². The first-order valence-corrected chi connectivity index (χ1v) is 6.17. The molecule has 2 atom stereocenters. The molecule has 2 aliphatic rings. The smallest absolute Gasteiger partial charge is 0.338 e. The van der Waals surface area contributed by atoms with E-state index in [9.17, 15) is 18.8 Å². The minimum Gasteiger partial charge on any atom is -0.478 e. The fourth-order valence-corrected chi connectivity index (χ4v) is 3.02. The summed E-state index contributed by atoms with van der Waals surface area (Å²) in [5.41, 5.74) is -0.728. The fraction of sp³-hybridized carbons (Fsp3) is 0.357. The van der Waals surface area contributed by atoms with E-state index in [4.69, 9.17) is 5.11 Å². The van der Waals surface area contributed by atoms with Crippen molar-refractivity contribution in [1.29, 1.82) is 0 Å². The third-order valence-corrected chi connectivity index (χ3v) is 4.24. The van der Waals surface area contributed by atoms with Crippen LogP contribution in [0.4, 0.5) is 10.1 Å². The second kappa shape index (κ2) is 3.65. The van der Waals surface area contributed by atoms with Gasteiger partial charge in [-0.3, -0.25) is 9.59 Å². The number of benzene rings is 1. The van der Waals surface area contributed by atoms with Gasteiger partial charge >= 0.3 is 5.97 Å². The molecule has 2 unspecified atom stereocenters. The van der Waals surface area contributed by atoms with Crippen molar-refractivity contribution >= 4 is 23.5 Å². The van der Waals surface area contributed by atoms with Gasteiger partial charge in [-0.2, -0.15) is 0 Å².